The van der Waals surface area contributed by atoms with Crippen molar-refractivity contribution in [2.45, 2.75) is 71.1 Å². The Labute approximate surface area is 128 Å². The number of likely N-dealkylation sites (tertiary alicyclic amines) is 1. The lowest BCUT2D eigenvalue weighted by atomic mass is 9.88. The maximum atomic E-state index is 12.6. The summed E-state index contributed by atoms with van der Waals surface area (Å²) in [6, 6.07) is 10.6. The van der Waals surface area contributed by atoms with Crippen LogP contribution in [0.4, 0.5) is 4.79 Å². The first-order valence-electron chi connectivity index (χ1n) is 7.69. The van der Waals surface area contributed by atoms with Crippen molar-refractivity contribution in [1.82, 2.24) is 4.90 Å². The standard InChI is InChI=1S/C18H27NO2/c1-13-15(14-10-8-7-9-11-14)12-18(5,6)19(13)16(20)21-17(2,3)4/h7-11,13,15H,12H2,1-6H3/t13-,15?/m0/s1. The second-order valence-corrected chi connectivity index (χ2v) is 7.62. The first kappa shape index (κ1) is 15.9. The summed E-state index contributed by atoms with van der Waals surface area (Å²) in [5.74, 6) is 0.355. The van der Waals surface area contributed by atoms with Gasteiger partial charge in [-0.05, 0) is 53.5 Å². The van der Waals surface area contributed by atoms with Crippen LogP contribution in [0.25, 0.3) is 0 Å². The minimum Gasteiger partial charge on any atom is -0.444 e. The zero-order chi connectivity index (χ0) is 15.8. The van der Waals surface area contributed by atoms with Gasteiger partial charge in [0.25, 0.3) is 0 Å². The molecule has 0 aromatic heterocycles. The Hall–Kier alpha value is -1.51. The van der Waals surface area contributed by atoms with E-state index >= 15 is 0 Å². The molecule has 1 fully saturated rings. The Morgan fingerprint density at radius 3 is 2.33 bits per heavy atom. The molecule has 1 saturated heterocycles. The molecular weight excluding hydrogens is 262 g/mol. The Bertz CT molecular complexity index is 502. The smallest absolute Gasteiger partial charge is 0.410 e. The summed E-state index contributed by atoms with van der Waals surface area (Å²) in [7, 11) is 0. The fourth-order valence-corrected chi connectivity index (χ4v) is 3.36. The summed E-state index contributed by atoms with van der Waals surface area (Å²) >= 11 is 0. The molecule has 21 heavy (non-hydrogen) atoms. The highest BCUT2D eigenvalue weighted by Crippen LogP contribution is 2.43. The number of carbonyl (C=O) groups excluding carboxylic acids is 1. The van der Waals surface area contributed by atoms with E-state index in [1.807, 2.05) is 31.7 Å². The van der Waals surface area contributed by atoms with Crippen LogP contribution < -0.4 is 0 Å². The molecule has 0 aliphatic carbocycles. The van der Waals surface area contributed by atoms with Crippen LogP contribution in [0.1, 0.15) is 59.4 Å². The number of ether oxygens (including phenoxy) is 1. The highest BCUT2D eigenvalue weighted by Gasteiger charge is 2.48. The second kappa shape index (κ2) is 5.36. The molecular formula is C18H27NO2. The molecule has 3 nitrogen and oxygen atoms in total. The van der Waals surface area contributed by atoms with E-state index in [1.54, 1.807) is 0 Å². The van der Waals surface area contributed by atoms with Crippen molar-refractivity contribution in [3.05, 3.63) is 35.9 Å². The first-order valence-corrected chi connectivity index (χ1v) is 7.69. The quantitative estimate of drug-likeness (QED) is 0.757. The summed E-state index contributed by atoms with van der Waals surface area (Å²) in [6.07, 6.45) is 0.746. The molecule has 2 atom stereocenters. The molecule has 0 bridgehead atoms. The number of benzene rings is 1. The molecule has 1 unspecified atom stereocenters. The van der Waals surface area contributed by atoms with Gasteiger partial charge in [-0.3, -0.25) is 4.90 Å². The fourth-order valence-electron chi connectivity index (χ4n) is 3.36. The summed E-state index contributed by atoms with van der Waals surface area (Å²) in [4.78, 5) is 14.5. The van der Waals surface area contributed by atoms with Crippen LogP contribution in [-0.4, -0.2) is 28.2 Å². The molecule has 0 spiro atoms. The topological polar surface area (TPSA) is 29.5 Å². The molecule has 116 valence electrons. The minimum atomic E-state index is -0.461. The zero-order valence-electron chi connectivity index (χ0n) is 14.0. The molecule has 0 radical (unpaired) electrons. The van der Waals surface area contributed by atoms with Crippen molar-refractivity contribution >= 4 is 6.09 Å². The molecule has 0 saturated carbocycles. The lowest BCUT2D eigenvalue weighted by Gasteiger charge is -2.36. The monoisotopic (exact) mass is 289 g/mol. The highest BCUT2D eigenvalue weighted by atomic mass is 16.6. The average molecular weight is 289 g/mol. The van der Waals surface area contributed by atoms with Gasteiger partial charge in [0.2, 0.25) is 0 Å². The molecule has 1 amide bonds. The van der Waals surface area contributed by atoms with Gasteiger partial charge in [-0.25, -0.2) is 4.79 Å². The van der Waals surface area contributed by atoms with Gasteiger partial charge in [0.05, 0.1) is 0 Å². The molecule has 1 aliphatic heterocycles. The van der Waals surface area contributed by atoms with E-state index in [1.165, 1.54) is 5.56 Å². The van der Waals surface area contributed by atoms with Gasteiger partial charge in [0, 0.05) is 17.5 Å². The fraction of sp³-hybridized carbons (Fsp3) is 0.611. The van der Waals surface area contributed by atoms with Crippen molar-refractivity contribution in [1.29, 1.82) is 0 Å². The van der Waals surface area contributed by atoms with Crippen molar-refractivity contribution in [3.63, 3.8) is 0 Å². The third-order valence-corrected chi connectivity index (χ3v) is 4.18. The van der Waals surface area contributed by atoms with Crippen LogP contribution in [0.5, 0.6) is 0 Å². The number of amides is 1. The molecule has 1 heterocycles. The third kappa shape index (κ3) is 3.39. The van der Waals surface area contributed by atoms with Gasteiger partial charge in [-0.15, -0.1) is 0 Å². The number of rotatable bonds is 1. The average Bonchev–Trinajstić information content (AvgIpc) is 2.58. The molecule has 1 aromatic rings. The van der Waals surface area contributed by atoms with Crippen molar-refractivity contribution in [2.75, 3.05) is 0 Å². The Morgan fingerprint density at radius 1 is 1.24 bits per heavy atom. The second-order valence-electron chi connectivity index (χ2n) is 7.62. The van der Waals surface area contributed by atoms with E-state index in [9.17, 15) is 4.79 Å². The predicted octanol–water partition coefficient (Wildman–Crippen LogP) is 4.58. The van der Waals surface area contributed by atoms with Gasteiger partial charge >= 0.3 is 6.09 Å². The van der Waals surface area contributed by atoms with E-state index in [0.29, 0.717) is 5.92 Å². The Morgan fingerprint density at radius 2 is 1.81 bits per heavy atom. The Balaban J connectivity index is 2.25. The van der Waals surface area contributed by atoms with Crippen LogP contribution in [0.15, 0.2) is 30.3 Å². The van der Waals surface area contributed by atoms with E-state index < -0.39 is 5.60 Å². The molecule has 3 heteroatoms. The maximum absolute atomic E-state index is 12.6. The third-order valence-electron chi connectivity index (χ3n) is 4.18. The van der Waals surface area contributed by atoms with E-state index in [-0.39, 0.29) is 17.7 Å². The van der Waals surface area contributed by atoms with Crippen molar-refractivity contribution < 1.29 is 9.53 Å². The van der Waals surface area contributed by atoms with Crippen molar-refractivity contribution in [3.8, 4) is 0 Å². The molecule has 1 aromatic carbocycles. The van der Waals surface area contributed by atoms with Crippen LogP contribution >= 0.6 is 0 Å². The van der Waals surface area contributed by atoms with Gasteiger partial charge < -0.3 is 4.74 Å². The maximum Gasteiger partial charge on any atom is 0.410 e. The van der Waals surface area contributed by atoms with Gasteiger partial charge in [0.15, 0.2) is 0 Å². The summed E-state index contributed by atoms with van der Waals surface area (Å²) in [5, 5.41) is 0. The predicted molar refractivity (Wildman–Crippen MR) is 85.4 cm³/mol. The zero-order valence-corrected chi connectivity index (χ0v) is 14.0. The number of hydrogen-bond donors (Lipinski definition) is 0. The largest absolute Gasteiger partial charge is 0.444 e. The number of hydrogen-bond acceptors (Lipinski definition) is 2. The van der Waals surface area contributed by atoms with Gasteiger partial charge in [-0.2, -0.15) is 0 Å². The molecule has 0 N–H and O–H groups in total. The lowest BCUT2D eigenvalue weighted by Crippen LogP contribution is -2.48. The minimum absolute atomic E-state index is 0.136. The van der Waals surface area contributed by atoms with Gasteiger partial charge in [-0.1, -0.05) is 30.3 Å². The summed E-state index contributed by atoms with van der Waals surface area (Å²) in [5.41, 5.74) is 0.643. The normalized spacial score (nSPS) is 25.0. The number of nitrogens with zero attached hydrogens (tertiary/aromatic N) is 1. The van der Waals surface area contributed by atoms with E-state index in [0.717, 1.165) is 6.42 Å². The molecule has 1 aliphatic rings. The summed E-state index contributed by atoms with van der Waals surface area (Å²) < 4.78 is 5.60. The number of carbonyl (C=O) groups is 1. The van der Waals surface area contributed by atoms with Crippen LogP contribution in [0, 0.1) is 0 Å². The Kier molecular flexibility index (Phi) is 4.05. The van der Waals surface area contributed by atoms with Crippen LogP contribution in [0.2, 0.25) is 0 Å². The van der Waals surface area contributed by atoms with Gasteiger partial charge in [0.1, 0.15) is 5.60 Å². The van der Waals surface area contributed by atoms with Crippen LogP contribution in [0.3, 0.4) is 0 Å². The van der Waals surface area contributed by atoms with E-state index in [2.05, 4.69) is 45.0 Å². The SMILES string of the molecule is C[C@H]1C(c2ccccc2)CC(C)(C)N1C(=O)OC(C)(C)C. The lowest BCUT2D eigenvalue weighted by molar-refractivity contribution is 0.00518. The van der Waals surface area contributed by atoms with Crippen molar-refractivity contribution in [2.24, 2.45) is 0 Å². The molecule has 2 rings (SSSR count). The summed E-state index contributed by atoms with van der Waals surface area (Å²) in [6.45, 7) is 12.1. The first-order chi connectivity index (χ1) is 9.62. The van der Waals surface area contributed by atoms with E-state index in [4.69, 9.17) is 4.74 Å². The van der Waals surface area contributed by atoms with Crippen LogP contribution in [-0.2, 0) is 4.74 Å². The highest BCUT2D eigenvalue weighted by molar-refractivity contribution is 5.70.